The van der Waals surface area contributed by atoms with E-state index in [1.54, 1.807) is 12.1 Å². The predicted molar refractivity (Wildman–Crippen MR) is 115 cm³/mol. The summed E-state index contributed by atoms with van der Waals surface area (Å²) in [5, 5.41) is 1.89. The van der Waals surface area contributed by atoms with E-state index in [0.717, 1.165) is 10.8 Å². The van der Waals surface area contributed by atoms with Crippen molar-refractivity contribution in [3.63, 3.8) is 0 Å². The zero-order valence-corrected chi connectivity index (χ0v) is 16.5. The molecule has 2 fully saturated rings. The van der Waals surface area contributed by atoms with Gasteiger partial charge in [0.25, 0.3) is 5.91 Å². The molecular formula is C24H22FN3O2. The van der Waals surface area contributed by atoms with E-state index in [9.17, 15) is 14.0 Å². The van der Waals surface area contributed by atoms with Crippen molar-refractivity contribution < 1.29 is 14.0 Å². The summed E-state index contributed by atoms with van der Waals surface area (Å²) in [5.41, 5.74) is 1.24. The van der Waals surface area contributed by atoms with Crippen molar-refractivity contribution in [2.45, 2.75) is 12.5 Å². The van der Waals surface area contributed by atoms with E-state index in [1.165, 1.54) is 11.0 Å². The maximum Gasteiger partial charge on any atom is 0.251 e. The number of para-hydroxylation sites is 1. The number of fused-ring (bicyclic) bond motifs is 1. The molecule has 5 rings (SSSR count). The van der Waals surface area contributed by atoms with Gasteiger partial charge in [0, 0.05) is 31.6 Å². The number of carbonyl (C=O) groups is 2. The maximum atomic E-state index is 14.1. The third-order valence-electron chi connectivity index (χ3n) is 6.08. The van der Waals surface area contributed by atoms with E-state index in [4.69, 9.17) is 0 Å². The smallest absolute Gasteiger partial charge is 0.251 e. The van der Waals surface area contributed by atoms with E-state index in [1.807, 2.05) is 53.4 Å². The zero-order valence-electron chi connectivity index (χ0n) is 16.5. The summed E-state index contributed by atoms with van der Waals surface area (Å²) in [7, 11) is 0. The fraction of sp³-hybridized carbons (Fsp3) is 0.250. The van der Waals surface area contributed by atoms with Crippen LogP contribution in [0.1, 0.15) is 6.42 Å². The molecule has 2 aliphatic heterocycles. The van der Waals surface area contributed by atoms with Crippen LogP contribution >= 0.6 is 0 Å². The van der Waals surface area contributed by atoms with Gasteiger partial charge in [-0.2, -0.15) is 0 Å². The van der Waals surface area contributed by atoms with Crippen molar-refractivity contribution in [1.82, 2.24) is 4.90 Å². The molecule has 6 heteroatoms. The molecule has 1 atom stereocenters. The quantitative estimate of drug-likeness (QED) is 0.629. The predicted octanol–water partition coefficient (Wildman–Crippen LogP) is 3.43. The zero-order chi connectivity index (χ0) is 20.7. The fourth-order valence-electron chi connectivity index (χ4n) is 4.54. The average molecular weight is 403 g/mol. The molecule has 5 nitrogen and oxygen atoms in total. The highest BCUT2D eigenvalue weighted by molar-refractivity contribution is 6.25. The third-order valence-corrected chi connectivity index (χ3v) is 6.08. The van der Waals surface area contributed by atoms with E-state index in [-0.39, 0.29) is 24.1 Å². The van der Waals surface area contributed by atoms with Gasteiger partial charge in [-0.05, 0) is 23.6 Å². The summed E-state index contributed by atoms with van der Waals surface area (Å²) in [5.74, 6) is -0.575. The van der Waals surface area contributed by atoms with E-state index in [0.29, 0.717) is 37.6 Å². The second-order valence-electron chi connectivity index (χ2n) is 7.76. The topological polar surface area (TPSA) is 43.9 Å². The lowest BCUT2D eigenvalue weighted by Gasteiger charge is -2.38. The maximum absolute atomic E-state index is 14.1. The van der Waals surface area contributed by atoms with E-state index in [2.05, 4.69) is 4.90 Å². The van der Waals surface area contributed by atoms with Gasteiger partial charge < -0.3 is 4.90 Å². The molecule has 0 spiro atoms. The Hall–Kier alpha value is -3.25. The van der Waals surface area contributed by atoms with Crippen molar-refractivity contribution in [3.8, 4) is 0 Å². The van der Waals surface area contributed by atoms with Crippen molar-refractivity contribution in [2.75, 3.05) is 36.0 Å². The number of rotatable bonds is 3. The number of amides is 2. The first-order valence-electron chi connectivity index (χ1n) is 10.2. The summed E-state index contributed by atoms with van der Waals surface area (Å²) in [6, 6.07) is 19.7. The molecule has 30 heavy (non-hydrogen) atoms. The molecule has 2 heterocycles. The van der Waals surface area contributed by atoms with Crippen LogP contribution in [0.25, 0.3) is 10.8 Å². The Morgan fingerprint density at radius 3 is 2.23 bits per heavy atom. The Morgan fingerprint density at radius 1 is 0.767 bits per heavy atom. The van der Waals surface area contributed by atoms with Crippen LogP contribution in [0.2, 0.25) is 0 Å². The average Bonchev–Trinajstić information content (AvgIpc) is 3.07. The molecule has 3 aromatic carbocycles. The molecule has 0 radical (unpaired) electrons. The van der Waals surface area contributed by atoms with Gasteiger partial charge in [0.15, 0.2) is 0 Å². The molecule has 2 aliphatic rings. The minimum atomic E-state index is -0.459. The molecular weight excluding hydrogens is 381 g/mol. The Labute approximate surface area is 174 Å². The summed E-state index contributed by atoms with van der Waals surface area (Å²) in [4.78, 5) is 31.5. The number of carbonyl (C=O) groups excluding carboxylic acids is 2. The molecule has 152 valence electrons. The van der Waals surface area contributed by atoms with E-state index < -0.39 is 6.04 Å². The second-order valence-corrected chi connectivity index (χ2v) is 7.76. The molecule has 0 saturated carbocycles. The third kappa shape index (κ3) is 3.13. The monoisotopic (exact) mass is 403 g/mol. The Kier molecular flexibility index (Phi) is 4.71. The number of hydrogen-bond acceptors (Lipinski definition) is 4. The molecule has 0 aromatic heterocycles. The highest BCUT2D eigenvalue weighted by atomic mass is 19.1. The van der Waals surface area contributed by atoms with Gasteiger partial charge in [-0.15, -0.1) is 0 Å². The molecule has 2 saturated heterocycles. The molecule has 2 amide bonds. The largest absolute Gasteiger partial charge is 0.367 e. The van der Waals surface area contributed by atoms with Crippen LogP contribution in [0.3, 0.4) is 0 Å². The van der Waals surface area contributed by atoms with Crippen LogP contribution < -0.4 is 9.80 Å². The van der Waals surface area contributed by atoms with Gasteiger partial charge in [0.05, 0.1) is 23.8 Å². The number of hydrogen-bond donors (Lipinski definition) is 0. The van der Waals surface area contributed by atoms with Crippen molar-refractivity contribution in [3.05, 3.63) is 72.5 Å². The Balaban J connectivity index is 1.35. The second kappa shape index (κ2) is 7.54. The van der Waals surface area contributed by atoms with Gasteiger partial charge in [0.1, 0.15) is 5.82 Å². The summed E-state index contributed by atoms with van der Waals surface area (Å²) in [6.07, 6.45) is 0.182. The SMILES string of the molecule is O=C1C[C@@H](N2CCN(c3ccccc3F)CC2)C(=O)N1c1cccc2ccccc12. The molecule has 0 N–H and O–H groups in total. The molecule has 0 aliphatic carbocycles. The van der Waals surface area contributed by atoms with Gasteiger partial charge in [-0.3, -0.25) is 14.5 Å². The van der Waals surface area contributed by atoms with Crippen LogP contribution in [-0.4, -0.2) is 48.9 Å². The minimum Gasteiger partial charge on any atom is -0.367 e. The summed E-state index contributed by atoms with van der Waals surface area (Å²) < 4.78 is 14.1. The number of halogens is 1. The highest BCUT2D eigenvalue weighted by Crippen LogP contribution is 2.32. The normalized spacial score (nSPS) is 20.4. The first kappa shape index (κ1) is 18.8. The van der Waals surface area contributed by atoms with Crippen molar-refractivity contribution in [2.24, 2.45) is 0 Å². The van der Waals surface area contributed by atoms with Crippen LogP contribution in [0.15, 0.2) is 66.7 Å². The van der Waals surface area contributed by atoms with Gasteiger partial charge in [-0.25, -0.2) is 9.29 Å². The Morgan fingerprint density at radius 2 is 1.43 bits per heavy atom. The fourth-order valence-corrected chi connectivity index (χ4v) is 4.54. The highest BCUT2D eigenvalue weighted by Gasteiger charge is 2.43. The van der Waals surface area contributed by atoms with Gasteiger partial charge >= 0.3 is 0 Å². The lowest BCUT2D eigenvalue weighted by Crippen LogP contribution is -2.52. The summed E-state index contributed by atoms with van der Waals surface area (Å²) in [6.45, 7) is 2.46. The lowest BCUT2D eigenvalue weighted by atomic mass is 10.1. The number of anilines is 2. The minimum absolute atomic E-state index is 0.169. The van der Waals surface area contributed by atoms with Crippen LogP contribution in [0.4, 0.5) is 15.8 Å². The van der Waals surface area contributed by atoms with Gasteiger partial charge in [0.2, 0.25) is 5.91 Å². The molecule has 0 unspecified atom stereocenters. The Bertz CT molecular complexity index is 1120. The molecule has 0 bridgehead atoms. The number of piperazine rings is 1. The van der Waals surface area contributed by atoms with Crippen LogP contribution in [0.5, 0.6) is 0 Å². The summed E-state index contributed by atoms with van der Waals surface area (Å²) >= 11 is 0. The number of benzene rings is 3. The van der Waals surface area contributed by atoms with Gasteiger partial charge in [-0.1, -0.05) is 48.5 Å². The first-order chi connectivity index (χ1) is 14.6. The standard InChI is InChI=1S/C24H22FN3O2/c25-19-9-3-4-10-21(19)26-12-14-27(15-13-26)22-16-23(29)28(24(22)30)20-11-5-7-17-6-1-2-8-18(17)20/h1-11,22H,12-16H2/t22-/m1/s1. The first-order valence-corrected chi connectivity index (χ1v) is 10.2. The van der Waals surface area contributed by atoms with Crippen molar-refractivity contribution in [1.29, 1.82) is 0 Å². The van der Waals surface area contributed by atoms with E-state index >= 15 is 0 Å². The number of imide groups is 1. The van der Waals surface area contributed by atoms with Crippen LogP contribution in [-0.2, 0) is 9.59 Å². The van der Waals surface area contributed by atoms with Crippen molar-refractivity contribution >= 4 is 34.0 Å². The molecule has 3 aromatic rings. The lowest BCUT2D eigenvalue weighted by molar-refractivity contribution is -0.123. The number of nitrogens with zero attached hydrogens (tertiary/aromatic N) is 3. The van der Waals surface area contributed by atoms with Crippen LogP contribution in [0, 0.1) is 5.82 Å².